The average molecular weight is 418 g/mol. The minimum absolute atomic E-state index is 0.282. The van der Waals surface area contributed by atoms with Gasteiger partial charge < -0.3 is 19.7 Å². The van der Waals surface area contributed by atoms with Crippen molar-refractivity contribution in [3.05, 3.63) is 90.0 Å². The lowest BCUT2D eigenvalue weighted by Gasteiger charge is -2.18. The van der Waals surface area contributed by atoms with Crippen LogP contribution in [-0.2, 0) is 16.1 Å². The molecule has 0 atom stereocenters. The molecule has 3 aromatic carbocycles. The third-order valence-electron chi connectivity index (χ3n) is 4.61. The van der Waals surface area contributed by atoms with Crippen LogP contribution in [0.3, 0.4) is 0 Å². The molecule has 31 heavy (non-hydrogen) atoms. The van der Waals surface area contributed by atoms with Gasteiger partial charge in [-0.15, -0.1) is 0 Å². The van der Waals surface area contributed by atoms with Gasteiger partial charge in [-0.1, -0.05) is 42.5 Å². The van der Waals surface area contributed by atoms with Gasteiger partial charge in [0, 0.05) is 19.3 Å². The number of rotatable bonds is 9. The smallest absolute Gasteiger partial charge is 0.340 e. The zero-order chi connectivity index (χ0) is 22.1. The van der Waals surface area contributed by atoms with Crippen LogP contribution < -0.4 is 10.1 Å². The first-order valence-corrected chi connectivity index (χ1v) is 10.1. The van der Waals surface area contributed by atoms with Gasteiger partial charge in [-0.3, -0.25) is 4.79 Å². The maximum atomic E-state index is 12.6. The van der Waals surface area contributed by atoms with Crippen LogP contribution >= 0.6 is 0 Å². The Morgan fingerprint density at radius 3 is 2.29 bits per heavy atom. The molecular weight excluding hydrogens is 392 g/mol. The van der Waals surface area contributed by atoms with Crippen molar-refractivity contribution in [3.63, 3.8) is 0 Å². The molecule has 0 bridgehead atoms. The molecule has 0 saturated heterocycles. The second-order valence-corrected chi connectivity index (χ2v) is 6.94. The first-order chi connectivity index (χ1) is 15.1. The number of anilines is 2. The number of hydrogen-bond donors (Lipinski definition) is 1. The lowest BCUT2D eigenvalue weighted by atomic mass is 10.1. The van der Waals surface area contributed by atoms with E-state index in [1.165, 1.54) is 4.90 Å². The second kappa shape index (κ2) is 10.8. The summed E-state index contributed by atoms with van der Waals surface area (Å²) in [6.45, 7) is 2.62. The highest BCUT2D eigenvalue weighted by Gasteiger charge is 2.16. The number of para-hydroxylation sites is 2. The first-order valence-electron chi connectivity index (χ1n) is 10.1. The molecular formula is C25H26N2O4. The maximum Gasteiger partial charge on any atom is 0.340 e. The Bertz CT molecular complexity index is 1000. The molecule has 0 unspecified atom stereocenters. The van der Waals surface area contributed by atoms with Gasteiger partial charge in [0.2, 0.25) is 0 Å². The lowest BCUT2D eigenvalue weighted by Crippen LogP contribution is -2.30. The summed E-state index contributed by atoms with van der Waals surface area (Å²) in [6, 6.07) is 24.1. The fourth-order valence-corrected chi connectivity index (χ4v) is 2.98. The number of amides is 1. The minimum Gasteiger partial charge on any atom is -0.494 e. The number of benzene rings is 3. The van der Waals surface area contributed by atoms with Gasteiger partial charge in [0.05, 0.1) is 17.9 Å². The molecule has 6 heteroatoms. The van der Waals surface area contributed by atoms with Crippen LogP contribution in [0.4, 0.5) is 11.4 Å². The van der Waals surface area contributed by atoms with Gasteiger partial charge in [-0.05, 0) is 48.9 Å². The van der Waals surface area contributed by atoms with Gasteiger partial charge in [-0.2, -0.15) is 0 Å². The van der Waals surface area contributed by atoms with Crippen LogP contribution in [0, 0.1) is 0 Å². The van der Waals surface area contributed by atoms with E-state index in [1.54, 1.807) is 25.2 Å². The molecule has 1 N–H and O–H groups in total. The number of nitrogens with zero attached hydrogens (tertiary/aromatic N) is 1. The van der Waals surface area contributed by atoms with Crippen LogP contribution in [0.25, 0.3) is 0 Å². The predicted octanol–water partition coefficient (Wildman–Crippen LogP) is 4.64. The van der Waals surface area contributed by atoms with Crippen molar-refractivity contribution < 1.29 is 19.1 Å². The molecule has 0 aliphatic heterocycles. The minimum atomic E-state index is -0.554. The van der Waals surface area contributed by atoms with E-state index in [-0.39, 0.29) is 12.5 Å². The Labute approximate surface area is 182 Å². The quantitative estimate of drug-likeness (QED) is 0.513. The Balaban J connectivity index is 1.56. The Morgan fingerprint density at radius 1 is 0.903 bits per heavy atom. The molecule has 160 valence electrons. The summed E-state index contributed by atoms with van der Waals surface area (Å²) >= 11 is 0. The Hall–Kier alpha value is -3.80. The molecule has 1 amide bonds. The van der Waals surface area contributed by atoms with Gasteiger partial charge in [0.25, 0.3) is 5.91 Å². The standard InChI is InChI=1S/C25H26N2O4/c1-3-30-21-15-13-19(14-16-21)17-27(2)24(28)18-31-25(29)22-11-7-8-12-23(22)26-20-9-5-4-6-10-20/h4-16,26H,3,17-18H2,1-2H3. The van der Waals surface area contributed by atoms with E-state index in [2.05, 4.69) is 5.32 Å². The summed E-state index contributed by atoms with van der Waals surface area (Å²) in [5.41, 5.74) is 2.80. The number of carbonyl (C=O) groups excluding carboxylic acids is 2. The van der Waals surface area contributed by atoms with E-state index < -0.39 is 5.97 Å². The molecule has 3 rings (SSSR count). The van der Waals surface area contributed by atoms with Gasteiger partial charge >= 0.3 is 5.97 Å². The van der Waals surface area contributed by atoms with Crippen LogP contribution in [0.2, 0.25) is 0 Å². The van der Waals surface area contributed by atoms with Crippen molar-refractivity contribution in [1.29, 1.82) is 0 Å². The second-order valence-electron chi connectivity index (χ2n) is 6.94. The molecule has 0 aliphatic rings. The highest BCUT2D eigenvalue weighted by Crippen LogP contribution is 2.21. The summed E-state index contributed by atoms with van der Waals surface area (Å²) in [4.78, 5) is 26.6. The number of esters is 1. The molecule has 3 aromatic rings. The van der Waals surface area contributed by atoms with E-state index >= 15 is 0 Å². The molecule has 0 spiro atoms. The van der Waals surface area contributed by atoms with Gasteiger partial charge in [0.1, 0.15) is 5.75 Å². The van der Waals surface area contributed by atoms with Gasteiger partial charge in [0.15, 0.2) is 6.61 Å². The first kappa shape index (κ1) is 21.9. The zero-order valence-electron chi connectivity index (χ0n) is 17.7. The topological polar surface area (TPSA) is 67.9 Å². The highest BCUT2D eigenvalue weighted by molar-refractivity contribution is 5.97. The Morgan fingerprint density at radius 2 is 1.58 bits per heavy atom. The van der Waals surface area contributed by atoms with Crippen molar-refractivity contribution in [2.45, 2.75) is 13.5 Å². The van der Waals surface area contributed by atoms with Crippen molar-refractivity contribution in [2.24, 2.45) is 0 Å². The summed E-state index contributed by atoms with van der Waals surface area (Å²) in [5.74, 6) is -0.0467. The van der Waals surface area contributed by atoms with E-state index in [4.69, 9.17) is 9.47 Å². The monoisotopic (exact) mass is 418 g/mol. The molecule has 0 aromatic heterocycles. The Kier molecular flexibility index (Phi) is 7.65. The number of nitrogens with one attached hydrogen (secondary N) is 1. The third kappa shape index (κ3) is 6.34. The lowest BCUT2D eigenvalue weighted by molar-refractivity contribution is -0.133. The van der Waals surface area contributed by atoms with Crippen molar-refractivity contribution >= 4 is 23.3 Å². The molecule has 0 heterocycles. The fourth-order valence-electron chi connectivity index (χ4n) is 2.98. The summed E-state index contributed by atoms with van der Waals surface area (Å²) in [6.07, 6.45) is 0. The SMILES string of the molecule is CCOc1ccc(CN(C)C(=O)COC(=O)c2ccccc2Nc2ccccc2)cc1. The largest absolute Gasteiger partial charge is 0.494 e. The summed E-state index contributed by atoms with van der Waals surface area (Å²) in [7, 11) is 1.68. The van der Waals surface area contributed by atoms with E-state index in [9.17, 15) is 9.59 Å². The molecule has 0 aliphatic carbocycles. The fraction of sp³-hybridized carbons (Fsp3) is 0.200. The van der Waals surface area contributed by atoms with Crippen LogP contribution in [0.1, 0.15) is 22.8 Å². The van der Waals surface area contributed by atoms with Crippen LogP contribution in [0.5, 0.6) is 5.75 Å². The normalized spacial score (nSPS) is 10.3. The van der Waals surface area contributed by atoms with Crippen LogP contribution in [-0.4, -0.2) is 37.0 Å². The summed E-state index contributed by atoms with van der Waals surface area (Å²) in [5, 5.41) is 3.20. The number of likely N-dealkylation sites (N-methyl/N-ethyl adjacent to an activating group) is 1. The third-order valence-corrected chi connectivity index (χ3v) is 4.61. The van der Waals surface area contributed by atoms with E-state index in [0.717, 1.165) is 17.0 Å². The van der Waals surface area contributed by atoms with Gasteiger partial charge in [-0.25, -0.2) is 4.79 Å². The average Bonchev–Trinajstić information content (AvgIpc) is 2.79. The highest BCUT2D eigenvalue weighted by atomic mass is 16.5. The summed E-state index contributed by atoms with van der Waals surface area (Å²) < 4.78 is 10.7. The van der Waals surface area contributed by atoms with E-state index in [0.29, 0.717) is 24.4 Å². The zero-order valence-corrected chi connectivity index (χ0v) is 17.7. The molecule has 0 saturated carbocycles. The maximum absolute atomic E-state index is 12.6. The number of ether oxygens (including phenoxy) is 2. The predicted molar refractivity (Wildman–Crippen MR) is 121 cm³/mol. The number of hydrogen-bond acceptors (Lipinski definition) is 5. The molecule has 0 radical (unpaired) electrons. The van der Waals surface area contributed by atoms with Crippen molar-refractivity contribution in [1.82, 2.24) is 4.90 Å². The molecule has 0 fully saturated rings. The van der Waals surface area contributed by atoms with Crippen molar-refractivity contribution in [3.8, 4) is 5.75 Å². The van der Waals surface area contributed by atoms with Crippen LogP contribution in [0.15, 0.2) is 78.9 Å². The van der Waals surface area contributed by atoms with E-state index in [1.807, 2.05) is 67.6 Å². The van der Waals surface area contributed by atoms with Crippen molar-refractivity contribution in [2.75, 3.05) is 25.6 Å². The molecule has 6 nitrogen and oxygen atoms in total. The number of carbonyl (C=O) groups is 2.